The Morgan fingerprint density at radius 3 is 2.53 bits per heavy atom. The van der Waals surface area contributed by atoms with Gasteiger partial charge in [-0.1, -0.05) is 24.3 Å². The number of hydrogen-bond acceptors (Lipinski definition) is 4. The van der Waals surface area contributed by atoms with Crippen molar-refractivity contribution in [2.75, 3.05) is 31.7 Å². The summed E-state index contributed by atoms with van der Waals surface area (Å²) in [6.45, 7) is 2.53. The van der Waals surface area contributed by atoms with Gasteiger partial charge in [0.15, 0.2) is 0 Å². The van der Waals surface area contributed by atoms with Crippen molar-refractivity contribution in [2.45, 2.75) is 13.0 Å². The van der Waals surface area contributed by atoms with E-state index in [9.17, 15) is 9.00 Å². The van der Waals surface area contributed by atoms with Crippen molar-refractivity contribution in [3.63, 3.8) is 0 Å². The summed E-state index contributed by atoms with van der Waals surface area (Å²) in [4.78, 5) is 13.7. The molecule has 19 heavy (non-hydrogen) atoms. The maximum atomic E-state index is 11.4. The highest BCUT2D eigenvalue weighted by Gasteiger charge is 2.16. The van der Waals surface area contributed by atoms with E-state index in [1.54, 1.807) is 0 Å². The molecule has 1 fully saturated rings. The molecule has 2 rings (SSSR count). The second-order valence-corrected chi connectivity index (χ2v) is 6.34. The van der Waals surface area contributed by atoms with Gasteiger partial charge in [-0.3, -0.25) is 13.9 Å². The molecule has 0 unspecified atom stereocenters. The first-order valence-electron chi connectivity index (χ1n) is 6.40. The monoisotopic (exact) mass is 281 g/mol. The molecule has 0 atom stereocenters. The maximum absolute atomic E-state index is 11.4. The van der Waals surface area contributed by atoms with Crippen LogP contribution in [0, 0.1) is 0 Å². The van der Waals surface area contributed by atoms with Crippen LogP contribution in [0.25, 0.3) is 0 Å². The maximum Gasteiger partial charge on any atom is 0.309 e. The van der Waals surface area contributed by atoms with Gasteiger partial charge in [0.1, 0.15) is 0 Å². The molecule has 1 aromatic carbocycles. The predicted molar refractivity (Wildman–Crippen MR) is 75.3 cm³/mol. The van der Waals surface area contributed by atoms with E-state index in [1.807, 2.05) is 24.3 Å². The molecule has 5 heteroatoms. The van der Waals surface area contributed by atoms with Gasteiger partial charge in [-0.05, 0) is 11.1 Å². The second-order valence-electron chi connectivity index (χ2n) is 4.65. The highest BCUT2D eigenvalue weighted by atomic mass is 32.2. The van der Waals surface area contributed by atoms with Crippen LogP contribution in [0.3, 0.4) is 0 Å². The van der Waals surface area contributed by atoms with Gasteiger partial charge in [0.05, 0.1) is 13.5 Å². The number of ether oxygens (including phenoxy) is 1. The first-order chi connectivity index (χ1) is 9.19. The Labute approximate surface area is 116 Å². The first kappa shape index (κ1) is 14.2. The standard InChI is InChI=1S/C14H19NO3S/c1-18-14(16)10-12-4-2-3-5-13(12)11-15-6-8-19(17)9-7-15/h2-5H,6-11H2,1H3. The SMILES string of the molecule is COC(=O)Cc1ccccc1CN1CCS(=O)CC1. The minimum atomic E-state index is -0.651. The number of nitrogens with zero attached hydrogens (tertiary/aromatic N) is 1. The van der Waals surface area contributed by atoms with Crippen molar-refractivity contribution in [1.29, 1.82) is 0 Å². The van der Waals surface area contributed by atoms with Crippen molar-refractivity contribution >= 4 is 16.8 Å². The summed E-state index contributed by atoms with van der Waals surface area (Å²) < 4.78 is 16.1. The van der Waals surface area contributed by atoms with Crippen LogP contribution < -0.4 is 0 Å². The van der Waals surface area contributed by atoms with Gasteiger partial charge in [-0.15, -0.1) is 0 Å². The zero-order valence-electron chi connectivity index (χ0n) is 11.1. The Balaban J connectivity index is 2.03. The molecule has 0 saturated carbocycles. The summed E-state index contributed by atoms with van der Waals surface area (Å²) in [5.74, 6) is 1.28. The number of carbonyl (C=O) groups excluding carboxylic acids is 1. The summed E-state index contributed by atoms with van der Waals surface area (Å²) in [7, 11) is 0.757. The summed E-state index contributed by atoms with van der Waals surface area (Å²) in [6.07, 6.45) is 0.312. The highest BCUT2D eigenvalue weighted by Crippen LogP contribution is 2.14. The van der Waals surface area contributed by atoms with Gasteiger partial charge in [-0.2, -0.15) is 0 Å². The van der Waals surface area contributed by atoms with Crippen molar-refractivity contribution in [3.8, 4) is 0 Å². The van der Waals surface area contributed by atoms with E-state index in [0.29, 0.717) is 6.42 Å². The minimum absolute atomic E-state index is 0.216. The van der Waals surface area contributed by atoms with E-state index < -0.39 is 10.8 Å². The van der Waals surface area contributed by atoms with Gasteiger partial charge in [-0.25, -0.2) is 0 Å². The van der Waals surface area contributed by atoms with E-state index in [0.717, 1.165) is 42.3 Å². The predicted octanol–water partition coefficient (Wildman–Crippen LogP) is 0.966. The van der Waals surface area contributed by atoms with Crippen LogP contribution in [0.5, 0.6) is 0 Å². The average Bonchev–Trinajstić information content (AvgIpc) is 2.43. The van der Waals surface area contributed by atoms with Crippen LogP contribution in [0.1, 0.15) is 11.1 Å². The van der Waals surface area contributed by atoms with Crippen molar-refractivity contribution < 1.29 is 13.7 Å². The average molecular weight is 281 g/mol. The van der Waals surface area contributed by atoms with E-state index in [-0.39, 0.29) is 5.97 Å². The molecule has 0 spiro atoms. The van der Waals surface area contributed by atoms with E-state index in [2.05, 4.69) is 4.90 Å². The Bertz CT molecular complexity index is 466. The van der Waals surface area contributed by atoms with E-state index in [4.69, 9.17) is 4.74 Å². The van der Waals surface area contributed by atoms with Crippen molar-refractivity contribution in [3.05, 3.63) is 35.4 Å². The third-order valence-electron chi connectivity index (χ3n) is 3.35. The molecule has 1 aromatic rings. The lowest BCUT2D eigenvalue weighted by Crippen LogP contribution is -2.37. The topological polar surface area (TPSA) is 46.6 Å². The quantitative estimate of drug-likeness (QED) is 0.772. The Morgan fingerprint density at radius 2 is 1.89 bits per heavy atom. The zero-order chi connectivity index (χ0) is 13.7. The molecule has 1 aliphatic rings. The first-order valence-corrected chi connectivity index (χ1v) is 7.89. The number of carbonyl (C=O) groups is 1. The van der Waals surface area contributed by atoms with Gasteiger partial charge in [0, 0.05) is 41.9 Å². The number of hydrogen-bond donors (Lipinski definition) is 0. The normalized spacial score (nSPS) is 17.3. The largest absolute Gasteiger partial charge is 0.469 e. The van der Waals surface area contributed by atoms with Gasteiger partial charge in [0.25, 0.3) is 0 Å². The number of rotatable bonds is 4. The molecule has 0 radical (unpaired) electrons. The number of methoxy groups -OCH3 is 1. The Morgan fingerprint density at radius 1 is 1.26 bits per heavy atom. The third kappa shape index (κ3) is 4.14. The molecule has 4 nitrogen and oxygen atoms in total. The van der Waals surface area contributed by atoms with Crippen LogP contribution in [-0.2, 0) is 33.3 Å². The molecule has 0 amide bonds. The molecule has 0 N–H and O–H groups in total. The van der Waals surface area contributed by atoms with Crippen LogP contribution in [0.4, 0.5) is 0 Å². The molecular weight excluding hydrogens is 262 g/mol. The highest BCUT2D eigenvalue weighted by molar-refractivity contribution is 7.85. The fourth-order valence-corrected chi connectivity index (χ4v) is 3.31. The second kappa shape index (κ2) is 6.82. The van der Waals surface area contributed by atoms with Crippen molar-refractivity contribution in [1.82, 2.24) is 4.90 Å². The van der Waals surface area contributed by atoms with Gasteiger partial charge >= 0.3 is 5.97 Å². The lowest BCUT2D eigenvalue weighted by atomic mass is 10.0. The summed E-state index contributed by atoms with van der Waals surface area (Å²) in [5.41, 5.74) is 2.17. The molecule has 104 valence electrons. The molecule has 1 aliphatic heterocycles. The summed E-state index contributed by atoms with van der Waals surface area (Å²) >= 11 is 0. The zero-order valence-corrected chi connectivity index (χ0v) is 11.9. The van der Waals surface area contributed by atoms with Crippen LogP contribution in [0.15, 0.2) is 24.3 Å². The lowest BCUT2D eigenvalue weighted by Gasteiger charge is -2.26. The number of esters is 1. The van der Waals surface area contributed by atoms with Crippen LogP contribution in [0.2, 0.25) is 0 Å². The van der Waals surface area contributed by atoms with E-state index in [1.165, 1.54) is 7.11 Å². The van der Waals surface area contributed by atoms with Gasteiger partial charge in [0.2, 0.25) is 0 Å². The summed E-state index contributed by atoms with van der Waals surface area (Å²) in [6, 6.07) is 7.93. The third-order valence-corrected chi connectivity index (χ3v) is 4.62. The van der Waals surface area contributed by atoms with Crippen LogP contribution >= 0.6 is 0 Å². The molecular formula is C14H19NO3S. The molecule has 1 heterocycles. The Hall–Kier alpha value is -1.20. The van der Waals surface area contributed by atoms with E-state index >= 15 is 0 Å². The molecule has 0 aromatic heterocycles. The number of benzene rings is 1. The molecule has 0 aliphatic carbocycles. The van der Waals surface area contributed by atoms with Gasteiger partial charge < -0.3 is 4.74 Å². The Kier molecular flexibility index (Phi) is 5.10. The minimum Gasteiger partial charge on any atom is -0.469 e. The molecule has 1 saturated heterocycles. The summed E-state index contributed by atoms with van der Waals surface area (Å²) in [5, 5.41) is 0. The lowest BCUT2D eigenvalue weighted by molar-refractivity contribution is -0.139. The molecule has 0 bridgehead atoms. The van der Waals surface area contributed by atoms with Crippen molar-refractivity contribution in [2.24, 2.45) is 0 Å². The fourth-order valence-electron chi connectivity index (χ4n) is 2.19. The smallest absolute Gasteiger partial charge is 0.309 e. The van der Waals surface area contributed by atoms with Crippen LogP contribution in [-0.4, -0.2) is 46.8 Å². The fraction of sp³-hybridized carbons (Fsp3) is 0.500.